The summed E-state index contributed by atoms with van der Waals surface area (Å²) in [5, 5.41) is 3.04. The highest BCUT2D eigenvalue weighted by molar-refractivity contribution is 5.82. The Hall–Kier alpha value is -0.530. The second-order valence-electron chi connectivity index (χ2n) is 5.20. The van der Waals surface area contributed by atoms with Crippen molar-refractivity contribution in [2.75, 3.05) is 0 Å². The van der Waals surface area contributed by atoms with Crippen LogP contribution < -0.4 is 5.32 Å². The molecule has 1 aliphatic rings. The third kappa shape index (κ3) is 2.45. The maximum atomic E-state index is 11.7. The molecule has 0 unspecified atom stereocenters. The van der Waals surface area contributed by atoms with E-state index >= 15 is 0 Å². The van der Waals surface area contributed by atoms with Crippen LogP contribution in [0.1, 0.15) is 41.0 Å². The molecule has 1 amide bonds. The molecule has 3 atom stereocenters. The van der Waals surface area contributed by atoms with E-state index in [2.05, 4.69) is 19.2 Å². The lowest BCUT2D eigenvalue weighted by Crippen LogP contribution is -2.41. The number of carbonyl (C=O) groups excluding carboxylic acids is 1. The Morgan fingerprint density at radius 2 is 1.92 bits per heavy atom. The molecule has 0 aromatic heterocycles. The Kier molecular flexibility index (Phi) is 2.69. The summed E-state index contributed by atoms with van der Waals surface area (Å²) in [7, 11) is 0. The summed E-state index contributed by atoms with van der Waals surface area (Å²) in [5.41, 5.74) is -0.0856. The molecule has 1 aliphatic carbocycles. The first-order valence-corrected chi connectivity index (χ1v) is 5.19. The zero-order valence-electron chi connectivity index (χ0n) is 9.35. The second kappa shape index (κ2) is 3.32. The summed E-state index contributed by atoms with van der Waals surface area (Å²) in [6.07, 6.45) is 1.13. The first-order valence-electron chi connectivity index (χ1n) is 5.19. The first-order chi connectivity index (χ1) is 5.87. The minimum Gasteiger partial charge on any atom is -0.351 e. The van der Waals surface area contributed by atoms with Crippen molar-refractivity contribution in [3.05, 3.63) is 0 Å². The summed E-state index contributed by atoms with van der Waals surface area (Å²) in [6.45, 7) is 10.4. The maximum Gasteiger partial charge on any atom is 0.224 e. The zero-order valence-corrected chi connectivity index (χ0v) is 9.35. The Morgan fingerprint density at radius 3 is 2.23 bits per heavy atom. The van der Waals surface area contributed by atoms with Crippen molar-refractivity contribution in [3.8, 4) is 0 Å². The molecule has 76 valence electrons. The second-order valence-corrected chi connectivity index (χ2v) is 5.20. The highest BCUT2D eigenvalue weighted by atomic mass is 16.2. The van der Waals surface area contributed by atoms with Crippen molar-refractivity contribution in [2.24, 2.45) is 17.8 Å². The lowest BCUT2D eigenvalue weighted by atomic mass is 10.1. The Morgan fingerprint density at radius 1 is 1.38 bits per heavy atom. The van der Waals surface area contributed by atoms with Gasteiger partial charge >= 0.3 is 0 Å². The molecule has 2 heteroatoms. The van der Waals surface area contributed by atoms with Crippen LogP contribution in [0.5, 0.6) is 0 Å². The maximum absolute atomic E-state index is 11.7. The van der Waals surface area contributed by atoms with E-state index in [1.807, 2.05) is 20.8 Å². The molecule has 0 radical (unpaired) electrons. The smallest absolute Gasteiger partial charge is 0.224 e. The molecule has 0 aliphatic heterocycles. The van der Waals surface area contributed by atoms with Crippen LogP contribution in [0.3, 0.4) is 0 Å². The van der Waals surface area contributed by atoms with Gasteiger partial charge in [-0.2, -0.15) is 0 Å². The molecule has 2 nitrogen and oxygen atoms in total. The molecule has 0 saturated heterocycles. The highest BCUT2D eigenvalue weighted by Crippen LogP contribution is 2.48. The van der Waals surface area contributed by atoms with Crippen LogP contribution in [0.25, 0.3) is 0 Å². The number of nitrogens with one attached hydrogen (secondary N) is 1. The van der Waals surface area contributed by atoms with Crippen molar-refractivity contribution < 1.29 is 4.79 Å². The van der Waals surface area contributed by atoms with Crippen molar-refractivity contribution >= 4 is 5.91 Å². The van der Waals surface area contributed by atoms with Crippen molar-refractivity contribution in [1.29, 1.82) is 0 Å². The minimum absolute atomic E-state index is 0.0856. The zero-order chi connectivity index (χ0) is 10.2. The van der Waals surface area contributed by atoms with E-state index in [4.69, 9.17) is 0 Å². The van der Waals surface area contributed by atoms with E-state index < -0.39 is 0 Å². The van der Waals surface area contributed by atoms with Crippen LogP contribution in [-0.4, -0.2) is 11.4 Å². The van der Waals surface area contributed by atoms with Crippen LogP contribution >= 0.6 is 0 Å². The standard InChI is InChI=1S/C11H21NO/c1-6-8-7(2)9(8)10(13)12-11(3,4)5/h7-9H,6H2,1-5H3,(H,12,13)/t7-,8+,9+/m1/s1. The monoisotopic (exact) mass is 183 g/mol. The van der Waals surface area contributed by atoms with Gasteiger partial charge < -0.3 is 5.32 Å². The lowest BCUT2D eigenvalue weighted by molar-refractivity contribution is -0.124. The van der Waals surface area contributed by atoms with Gasteiger partial charge in [-0.1, -0.05) is 20.3 Å². The lowest BCUT2D eigenvalue weighted by Gasteiger charge is -2.20. The molecule has 1 N–H and O–H groups in total. The summed E-state index contributed by atoms with van der Waals surface area (Å²) in [5.74, 6) is 1.74. The fourth-order valence-corrected chi connectivity index (χ4v) is 2.06. The number of carbonyl (C=O) groups is 1. The molecule has 1 rings (SSSR count). The number of hydrogen-bond acceptors (Lipinski definition) is 1. The quantitative estimate of drug-likeness (QED) is 0.698. The molecule has 0 bridgehead atoms. The predicted molar refractivity (Wildman–Crippen MR) is 54.3 cm³/mol. The Balaban J connectivity index is 2.43. The van der Waals surface area contributed by atoms with Gasteiger partial charge in [-0.3, -0.25) is 4.79 Å². The number of amides is 1. The molecule has 0 heterocycles. The van der Waals surface area contributed by atoms with Gasteiger partial charge in [-0.15, -0.1) is 0 Å². The predicted octanol–water partition coefficient (Wildman–Crippen LogP) is 2.19. The number of hydrogen-bond donors (Lipinski definition) is 1. The molecule has 1 saturated carbocycles. The van der Waals surface area contributed by atoms with Gasteiger partial charge in [0.05, 0.1) is 0 Å². The van der Waals surface area contributed by atoms with E-state index in [9.17, 15) is 4.79 Å². The summed E-state index contributed by atoms with van der Waals surface area (Å²) in [4.78, 5) is 11.7. The molecule has 0 spiro atoms. The SMILES string of the molecule is CC[C@H]1[C@@H](C)[C@@H]1C(=O)NC(C)(C)C. The van der Waals surface area contributed by atoms with E-state index in [0.29, 0.717) is 11.8 Å². The fraction of sp³-hybridized carbons (Fsp3) is 0.909. The normalized spacial score (nSPS) is 32.8. The average molecular weight is 183 g/mol. The molecule has 1 fully saturated rings. The minimum atomic E-state index is -0.0856. The van der Waals surface area contributed by atoms with Crippen LogP contribution in [0.2, 0.25) is 0 Å². The van der Waals surface area contributed by atoms with Gasteiger partial charge in [0.1, 0.15) is 0 Å². The van der Waals surface area contributed by atoms with Crippen LogP contribution in [-0.2, 0) is 4.79 Å². The summed E-state index contributed by atoms with van der Waals surface area (Å²) >= 11 is 0. The van der Waals surface area contributed by atoms with E-state index in [1.54, 1.807) is 0 Å². The topological polar surface area (TPSA) is 29.1 Å². The highest BCUT2D eigenvalue weighted by Gasteiger charge is 2.50. The third-order valence-corrected chi connectivity index (χ3v) is 2.83. The average Bonchev–Trinajstić information content (AvgIpc) is 2.57. The van der Waals surface area contributed by atoms with Crippen LogP contribution in [0, 0.1) is 17.8 Å². The molecule has 0 aromatic rings. The van der Waals surface area contributed by atoms with Gasteiger partial charge in [0, 0.05) is 11.5 Å². The van der Waals surface area contributed by atoms with E-state index in [0.717, 1.165) is 6.42 Å². The first kappa shape index (κ1) is 10.6. The van der Waals surface area contributed by atoms with E-state index in [-0.39, 0.29) is 17.4 Å². The van der Waals surface area contributed by atoms with Crippen LogP contribution in [0.4, 0.5) is 0 Å². The van der Waals surface area contributed by atoms with E-state index in [1.165, 1.54) is 0 Å². The van der Waals surface area contributed by atoms with Gasteiger partial charge in [0.2, 0.25) is 5.91 Å². The van der Waals surface area contributed by atoms with Gasteiger partial charge in [0.25, 0.3) is 0 Å². The molecular formula is C11H21NO. The Labute approximate surface area is 81.1 Å². The van der Waals surface area contributed by atoms with Crippen molar-refractivity contribution in [1.82, 2.24) is 5.32 Å². The van der Waals surface area contributed by atoms with Gasteiger partial charge in [-0.05, 0) is 32.6 Å². The molecular weight excluding hydrogens is 162 g/mol. The number of rotatable bonds is 2. The summed E-state index contributed by atoms with van der Waals surface area (Å²) < 4.78 is 0. The molecule has 0 aromatic carbocycles. The van der Waals surface area contributed by atoms with Gasteiger partial charge in [0.15, 0.2) is 0 Å². The largest absolute Gasteiger partial charge is 0.351 e. The fourth-order valence-electron chi connectivity index (χ4n) is 2.06. The Bertz CT molecular complexity index is 205. The summed E-state index contributed by atoms with van der Waals surface area (Å²) in [6, 6.07) is 0. The van der Waals surface area contributed by atoms with Gasteiger partial charge in [-0.25, -0.2) is 0 Å². The van der Waals surface area contributed by atoms with Crippen molar-refractivity contribution in [3.63, 3.8) is 0 Å². The third-order valence-electron chi connectivity index (χ3n) is 2.83. The molecule has 13 heavy (non-hydrogen) atoms. The van der Waals surface area contributed by atoms with Crippen LogP contribution in [0.15, 0.2) is 0 Å². The van der Waals surface area contributed by atoms with Crippen molar-refractivity contribution in [2.45, 2.75) is 46.6 Å².